The molecule has 9 heteroatoms. The third-order valence-electron chi connectivity index (χ3n) is 4.20. The van der Waals surface area contributed by atoms with Crippen molar-refractivity contribution in [3.8, 4) is 0 Å². The van der Waals surface area contributed by atoms with Gasteiger partial charge >= 0.3 is 5.97 Å². The number of nitrogens with one attached hydrogen (secondary N) is 1. The van der Waals surface area contributed by atoms with E-state index < -0.39 is 16.0 Å². The molecule has 2 aromatic rings. The first-order valence-electron chi connectivity index (χ1n) is 8.53. The first-order valence-corrected chi connectivity index (χ1v) is 10.0. The zero-order valence-corrected chi connectivity index (χ0v) is 15.4. The molecule has 1 aromatic heterocycles. The number of rotatable bonds is 7. The topological polar surface area (TPSA) is 106 Å². The Labute approximate surface area is 157 Å². The van der Waals surface area contributed by atoms with Gasteiger partial charge in [0.1, 0.15) is 5.76 Å². The van der Waals surface area contributed by atoms with Crippen LogP contribution in [0.2, 0.25) is 0 Å². The maximum atomic E-state index is 12.3. The second kappa shape index (κ2) is 8.36. The lowest BCUT2D eigenvalue weighted by Gasteiger charge is -2.14. The van der Waals surface area contributed by atoms with E-state index in [0.29, 0.717) is 18.8 Å². The van der Waals surface area contributed by atoms with E-state index in [-0.39, 0.29) is 29.5 Å². The molecule has 1 fully saturated rings. The highest BCUT2D eigenvalue weighted by Crippen LogP contribution is 2.13. The molecule has 0 spiro atoms. The third-order valence-corrected chi connectivity index (χ3v) is 5.62. The number of carbonyl (C=O) groups is 2. The van der Waals surface area contributed by atoms with Crippen LogP contribution in [-0.2, 0) is 26.1 Å². The van der Waals surface area contributed by atoms with E-state index >= 15 is 0 Å². The van der Waals surface area contributed by atoms with Crippen LogP contribution < -0.4 is 4.72 Å². The maximum Gasteiger partial charge on any atom is 0.338 e. The first kappa shape index (κ1) is 19.1. The van der Waals surface area contributed by atoms with Gasteiger partial charge in [0.15, 0.2) is 6.61 Å². The Morgan fingerprint density at radius 1 is 1.11 bits per heavy atom. The molecule has 8 nitrogen and oxygen atoms in total. The number of hydrogen-bond donors (Lipinski definition) is 1. The van der Waals surface area contributed by atoms with Crippen molar-refractivity contribution >= 4 is 21.9 Å². The molecule has 1 aliphatic heterocycles. The van der Waals surface area contributed by atoms with Gasteiger partial charge in [0.05, 0.1) is 23.3 Å². The summed E-state index contributed by atoms with van der Waals surface area (Å²) in [5, 5.41) is 0. The Morgan fingerprint density at radius 3 is 2.44 bits per heavy atom. The number of likely N-dealkylation sites (tertiary alicyclic amines) is 1. The summed E-state index contributed by atoms with van der Waals surface area (Å²) in [5.41, 5.74) is 0.175. The smallest absolute Gasteiger partial charge is 0.338 e. The van der Waals surface area contributed by atoms with Gasteiger partial charge < -0.3 is 14.1 Å². The monoisotopic (exact) mass is 392 g/mol. The minimum Gasteiger partial charge on any atom is -0.468 e. The Morgan fingerprint density at radius 2 is 1.81 bits per heavy atom. The number of hydrogen-bond acceptors (Lipinski definition) is 6. The molecule has 0 unspecified atom stereocenters. The molecule has 0 saturated carbocycles. The fourth-order valence-corrected chi connectivity index (χ4v) is 3.69. The van der Waals surface area contributed by atoms with Gasteiger partial charge in [0, 0.05) is 13.1 Å². The van der Waals surface area contributed by atoms with E-state index in [0.717, 1.165) is 12.8 Å². The first-order chi connectivity index (χ1) is 13.0. The Hall–Kier alpha value is -2.65. The minimum atomic E-state index is -3.74. The number of benzene rings is 1. The molecule has 1 saturated heterocycles. The van der Waals surface area contributed by atoms with Crippen LogP contribution in [0.3, 0.4) is 0 Å². The predicted octanol–water partition coefficient (Wildman–Crippen LogP) is 1.54. The summed E-state index contributed by atoms with van der Waals surface area (Å²) in [4.78, 5) is 25.6. The zero-order valence-electron chi connectivity index (χ0n) is 14.6. The van der Waals surface area contributed by atoms with Crippen molar-refractivity contribution in [2.45, 2.75) is 24.3 Å². The molecule has 27 heavy (non-hydrogen) atoms. The molecule has 2 heterocycles. The maximum absolute atomic E-state index is 12.3. The lowest BCUT2D eigenvalue weighted by Crippen LogP contribution is -2.32. The molecule has 0 atom stereocenters. The number of esters is 1. The van der Waals surface area contributed by atoms with E-state index in [1.165, 1.54) is 30.5 Å². The fraction of sp³-hybridized carbons (Fsp3) is 0.333. The van der Waals surface area contributed by atoms with E-state index in [2.05, 4.69) is 4.72 Å². The molecule has 0 radical (unpaired) electrons. The third kappa shape index (κ3) is 4.95. The number of nitrogens with zero attached hydrogens (tertiary/aromatic N) is 1. The van der Waals surface area contributed by atoms with Gasteiger partial charge in [-0.25, -0.2) is 17.9 Å². The average Bonchev–Trinajstić information content (AvgIpc) is 3.38. The van der Waals surface area contributed by atoms with E-state index in [1.807, 2.05) is 0 Å². The SMILES string of the molecule is O=C(OCC(=O)N1CCCC1)c1ccc(S(=O)(=O)NCc2ccco2)cc1. The second-order valence-electron chi connectivity index (χ2n) is 6.09. The Bertz CT molecular complexity index is 884. The van der Waals surface area contributed by atoms with Gasteiger partial charge in [-0.1, -0.05) is 0 Å². The van der Waals surface area contributed by atoms with Gasteiger partial charge in [0.25, 0.3) is 5.91 Å². The van der Waals surface area contributed by atoms with Crippen LogP contribution in [0.5, 0.6) is 0 Å². The minimum absolute atomic E-state index is 0.0127. The normalized spacial score (nSPS) is 14.3. The summed E-state index contributed by atoms with van der Waals surface area (Å²) >= 11 is 0. The lowest BCUT2D eigenvalue weighted by atomic mass is 10.2. The van der Waals surface area contributed by atoms with Crippen LogP contribution in [0.1, 0.15) is 29.0 Å². The number of carbonyl (C=O) groups excluding carboxylic acids is 2. The van der Waals surface area contributed by atoms with Crippen LogP contribution in [0, 0.1) is 0 Å². The van der Waals surface area contributed by atoms with Gasteiger partial charge in [-0.15, -0.1) is 0 Å². The van der Waals surface area contributed by atoms with Crippen LogP contribution in [0.4, 0.5) is 0 Å². The molecule has 144 valence electrons. The second-order valence-corrected chi connectivity index (χ2v) is 7.86. The molecular formula is C18H20N2O6S. The van der Waals surface area contributed by atoms with Gasteiger partial charge in [0.2, 0.25) is 10.0 Å². The van der Waals surface area contributed by atoms with Crippen molar-refractivity contribution in [2.75, 3.05) is 19.7 Å². The molecule has 0 bridgehead atoms. The molecule has 1 N–H and O–H groups in total. The van der Waals surface area contributed by atoms with Crippen LogP contribution in [0.25, 0.3) is 0 Å². The van der Waals surface area contributed by atoms with Crippen molar-refractivity contribution in [3.05, 3.63) is 54.0 Å². The predicted molar refractivity (Wildman–Crippen MR) is 95.3 cm³/mol. The number of amides is 1. The molecule has 0 aliphatic carbocycles. The quantitative estimate of drug-likeness (QED) is 0.717. The zero-order chi connectivity index (χ0) is 19.3. The van der Waals surface area contributed by atoms with E-state index in [1.54, 1.807) is 17.0 Å². The highest BCUT2D eigenvalue weighted by molar-refractivity contribution is 7.89. The van der Waals surface area contributed by atoms with E-state index in [9.17, 15) is 18.0 Å². The van der Waals surface area contributed by atoms with Crippen molar-refractivity contribution in [3.63, 3.8) is 0 Å². The van der Waals surface area contributed by atoms with Crippen LogP contribution >= 0.6 is 0 Å². The highest BCUT2D eigenvalue weighted by atomic mass is 32.2. The van der Waals surface area contributed by atoms with Crippen molar-refractivity contribution in [2.24, 2.45) is 0 Å². The molecule has 1 amide bonds. The average molecular weight is 392 g/mol. The fourth-order valence-electron chi connectivity index (χ4n) is 2.70. The molecule has 1 aliphatic rings. The Balaban J connectivity index is 1.55. The molecular weight excluding hydrogens is 372 g/mol. The van der Waals surface area contributed by atoms with Crippen LogP contribution in [0.15, 0.2) is 52.0 Å². The summed E-state index contributed by atoms with van der Waals surface area (Å²) in [6.45, 7) is 1.09. The van der Waals surface area contributed by atoms with Gasteiger partial charge in [-0.2, -0.15) is 0 Å². The van der Waals surface area contributed by atoms with Gasteiger partial charge in [-0.05, 0) is 49.2 Å². The Kier molecular flexibility index (Phi) is 5.92. The summed E-state index contributed by atoms with van der Waals surface area (Å²) in [6, 6.07) is 8.64. The highest BCUT2D eigenvalue weighted by Gasteiger charge is 2.20. The summed E-state index contributed by atoms with van der Waals surface area (Å²) in [5.74, 6) is -0.404. The number of furan rings is 1. The summed E-state index contributed by atoms with van der Waals surface area (Å²) < 4.78 is 37.0. The summed E-state index contributed by atoms with van der Waals surface area (Å²) in [7, 11) is -3.74. The number of sulfonamides is 1. The van der Waals surface area contributed by atoms with Crippen molar-refractivity contribution in [1.82, 2.24) is 9.62 Å². The lowest BCUT2D eigenvalue weighted by molar-refractivity contribution is -0.133. The standard InChI is InChI=1S/C18H20N2O6S/c21-17(20-9-1-2-10-20)13-26-18(22)14-5-7-16(8-6-14)27(23,24)19-12-15-4-3-11-25-15/h3-8,11,19H,1-2,9-10,12-13H2. The van der Waals surface area contributed by atoms with Crippen molar-refractivity contribution < 1.29 is 27.2 Å². The molecule has 3 rings (SSSR count). The number of ether oxygens (including phenoxy) is 1. The van der Waals surface area contributed by atoms with E-state index in [4.69, 9.17) is 9.15 Å². The van der Waals surface area contributed by atoms with Crippen LogP contribution in [-0.4, -0.2) is 44.9 Å². The summed E-state index contributed by atoms with van der Waals surface area (Å²) in [6.07, 6.45) is 3.38. The largest absolute Gasteiger partial charge is 0.468 e. The van der Waals surface area contributed by atoms with Crippen molar-refractivity contribution in [1.29, 1.82) is 0 Å². The molecule has 1 aromatic carbocycles. The van der Waals surface area contributed by atoms with Gasteiger partial charge in [-0.3, -0.25) is 4.79 Å².